The van der Waals surface area contributed by atoms with Gasteiger partial charge >= 0.3 is 6.03 Å². The van der Waals surface area contributed by atoms with Crippen molar-refractivity contribution in [2.24, 2.45) is 0 Å². The van der Waals surface area contributed by atoms with Crippen LogP contribution in [0.4, 0.5) is 10.5 Å². The number of rotatable bonds is 7. The first-order valence-corrected chi connectivity index (χ1v) is 16.2. The Morgan fingerprint density at radius 2 is 1.89 bits per heavy atom. The summed E-state index contributed by atoms with van der Waals surface area (Å²) in [5.41, 5.74) is 4.57. The number of benzene rings is 2. The van der Waals surface area contributed by atoms with E-state index in [1.807, 2.05) is 31.2 Å². The number of amides is 2. The van der Waals surface area contributed by atoms with Crippen LogP contribution in [-0.4, -0.2) is 39.7 Å². The van der Waals surface area contributed by atoms with Gasteiger partial charge in [0, 0.05) is 17.9 Å². The van der Waals surface area contributed by atoms with Crippen molar-refractivity contribution < 1.29 is 18.7 Å². The highest BCUT2D eigenvalue weighted by Crippen LogP contribution is 2.39. The van der Waals surface area contributed by atoms with Crippen molar-refractivity contribution in [1.29, 1.82) is 0 Å². The Kier molecular flexibility index (Phi) is 8.00. The van der Waals surface area contributed by atoms with Crippen LogP contribution in [0, 0.1) is 0 Å². The van der Waals surface area contributed by atoms with E-state index in [2.05, 4.69) is 56.6 Å². The van der Waals surface area contributed by atoms with Gasteiger partial charge in [-0.2, -0.15) is 0 Å². The van der Waals surface area contributed by atoms with Crippen LogP contribution < -0.4 is 20.1 Å². The monoisotopic (exact) mass is 510 g/mol. The number of aryl methyl sites for hydroxylation is 2. The minimum absolute atomic E-state index is 0.0628. The SMILES string of the molecule is CCOc1ccc2c(c1)OC(CNC(=O)Nc1cccc3c1CC(O[Si](C)(C)C(C)(C)C)CC3)CC2. The van der Waals surface area contributed by atoms with Gasteiger partial charge in [0.2, 0.25) is 0 Å². The zero-order valence-corrected chi connectivity index (χ0v) is 23.7. The largest absolute Gasteiger partial charge is 0.494 e. The van der Waals surface area contributed by atoms with E-state index >= 15 is 0 Å². The molecule has 0 spiro atoms. The van der Waals surface area contributed by atoms with Gasteiger partial charge in [-0.3, -0.25) is 0 Å². The van der Waals surface area contributed by atoms with Crippen molar-refractivity contribution in [2.45, 2.75) is 90.1 Å². The van der Waals surface area contributed by atoms with Crippen LogP contribution in [0.3, 0.4) is 0 Å². The highest BCUT2D eigenvalue weighted by Gasteiger charge is 2.40. The molecule has 0 radical (unpaired) electrons. The molecule has 2 atom stereocenters. The smallest absolute Gasteiger partial charge is 0.319 e. The maximum absolute atomic E-state index is 12.8. The van der Waals surface area contributed by atoms with Gasteiger partial charge in [-0.05, 0) is 86.0 Å². The molecule has 1 aliphatic carbocycles. The van der Waals surface area contributed by atoms with Gasteiger partial charge in [0.1, 0.15) is 17.6 Å². The van der Waals surface area contributed by atoms with E-state index in [1.54, 1.807) is 0 Å². The number of ether oxygens (including phenoxy) is 2. The van der Waals surface area contributed by atoms with Crippen molar-refractivity contribution in [3.63, 3.8) is 0 Å². The lowest BCUT2D eigenvalue weighted by atomic mass is 9.88. The summed E-state index contributed by atoms with van der Waals surface area (Å²) >= 11 is 0. The van der Waals surface area contributed by atoms with Crippen LogP contribution in [-0.2, 0) is 23.7 Å². The molecule has 2 aromatic rings. The molecule has 7 heteroatoms. The number of anilines is 1. The zero-order chi connectivity index (χ0) is 25.9. The maximum Gasteiger partial charge on any atom is 0.319 e. The molecule has 1 heterocycles. The molecule has 2 aromatic carbocycles. The Morgan fingerprint density at radius 1 is 1.11 bits per heavy atom. The van der Waals surface area contributed by atoms with Crippen LogP contribution in [0.1, 0.15) is 57.2 Å². The second-order valence-corrected chi connectivity index (χ2v) is 16.3. The lowest BCUT2D eigenvalue weighted by Crippen LogP contribution is -2.45. The summed E-state index contributed by atoms with van der Waals surface area (Å²) in [4.78, 5) is 12.8. The van der Waals surface area contributed by atoms with E-state index in [0.717, 1.165) is 49.3 Å². The van der Waals surface area contributed by atoms with Crippen molar-refractivity contribution in [3.05, 3.63) is 53.1 Å². The molecular formula is C29H42N2O4Si. The van der Waals surface area contributed by atoms with Crippen LogP contribution in [0.15, 0.2) is 36.4 Å². The molecule has 1 aliphatic heterocycles. The third-order valence-corrected chi connectivity index (χ3v) is 12.4. The van der Waals surface area contributed by atoms with Crippen LogP contribution >= 0.6 is 0 Å². The number of hydrogen-bond acceptors (Lipinski definition) is 4. The van der Waals surface area contributed by atoms with Gasteiger partial charge < -0.3 is 24.5 Å². The van der Waals surface area contributed by atoms with Gasteiger partial charge in [-0.1, -0.05) is 39.0 Å². The van der Waals surface area contributed by atoms with E-state index in [4.69, 9.17) is 13.9 Å². The molecule has 0 fully saturated rings. The van der Waals surface area contributed by atoms with Crippen molar-refractivity contribution in [3.8, 4) is 11.5 Å². The Bertz CT molecular complexity index is 1080. The van der Waals surface area contributed by atoms with Crippen LogP contribution in [0.5, 0.6) is 11.5 Å². The highest BCUT2D eigenvalue weighted by atomic mass is 28.4. The van der Waals surface area contributed by atoms with E-state index in [9.17, 15) is 4.79 Å². The number of carbonyl (C=O) groups excluding carboxylic acids is 1. The predicted molar refractivity (Wildman–Crippen MR) is 148 cm³/mol. The average molecular weight is 511 g/mol. The third kappa shape index (κ3) is 6.24. The molecule has 2 amide bonds. The molecule has 196 valence electrons. The minimum atomic E-state index is -1.85. The van der Waals surface area contributed by atoms with Gasteiger partial charge in [0.05, 0.1) is 13.2 Å². The summed E-state index contributed by atoms with van der Waals surface area (Å²) in [6, 6.07) is 12.0. The average Bonchev–Trinajstić information content (AvgIpc) is 2.82. The normalized spacial score (nSPS) is 19.5. The van der Waals surface area contributed by atoms with Crippen LogP contribution in [0.25, 0.3) is 0 Å². The molecular weight excluding hydrogens is 468 g/mol. The Hall–Kier alpha value is -2.51. The van der Waals surface area contributed by atoms with Crippen molar-refractivity contribution in [1.82, 2.24) is 5.32 Å². The fraction of sp³-hybridized carbons (Fsp3) is 0.552. The lowest BCUT2D eigenvalue weighted by Gasteiger charge is -2.40. The number of hydrogen-bond donors (Lipinski definition) is 2. The predicted octanol–water partition coefficient (Wildman–Crippen LogP) is 6.48. The highest BCUT2D eigenvalue weighted by molar-refractivity contribution is 6.74. The second-order valence-electron chi connectivity index (χ2n) is 11.5. The Labute approximate surface area is 217 Å². The summed E-state index contributed by atoms with van der Waals surface area (Å²) in [7, 11) is -1.85. The molecule has 0 saturated heterocycles. The lowest BCUT2D eigenvalue weighted by molar-refractivity contribution is 0.165. The molecule has 0 saturated carbocycles. The Morgan fingerprint density at radius 3 is 2.64 bits per heavy atom. The topological polar surface area (TPSA) is 68.8 Å². The van der Waals surface area contributed by atoms with Gasteiger partial charge in [-0.15, -0.1) is 0 Å². The van der Waals surface area contributed by atoms with E-state index in [0.29, 0.717) is 13.2 Å². The first-order valence-electron chi connectivity index (χ1n) is 13.3. The van der Waals surface area contributed by atoms with Crippen molar-refractivity contribution >= 4 is 20.0 Å². The number of fused-ring (bicyclic) bond motifs is 2. The van der Waals surface area contributed by atoms with E-state index < -0.39 is 8.32 Å². The third-order valence-electron chi connectivity index (χ3n) is 7.83. The zero-order valence-electron chi connectivity index (χ0n) is 22.7. The second kappa shape index (κ2) is 10.8. The molecule has 0 bridgehead atoms. The minimum Gasteiger partial charge on any atom is -0.494 e. The van der Waals surface area contributed by atoms with Crippen molar-refractivity contribution in [2.75, 3.05) is 18.5 Å². The van der Waals surface area contributed by atoms with Crippen LogP contribution in [0.2, 0.25) is 18.1 Å². The molecule has 2 unspecified atom stereocenters. The molecule has 36 heavy (non-hydrogen) atoms. The molecule has 0 aromatic heterocycles. The summed E-state index contributed by atoms with van der Waals surface area (Å²) in [5.74, 6) is 1.66. The molecule has 2 N–H and O–H groups in total. The Balaban J connectivity index is 1.34. The number of nitrogens with one attached hydrogen (secondary N) is 2. The van der Waals surface area contributed by atoms with E-state index in [1.165, 1.54) is 16.7 Å². The molecule has 6 nitrogen and oxygen atoms in total. The summed E-state index contributed by atoms with van der Waals surface area (Å²) in [6.07, 6.45) is 4.77. The van der Waals surface area contributed by atoms with Gasteiger partial charge in [-0.25, -0.2) is 4.79 Å². The molecule has 2 aliphatic rings. The van der Waals surface area contributed by atoms with E-state index in [-0.39, 0.29) is 23.3 Å². The summed E-state index contributed by atoms with van der Waals surface area (Å²) in [5, 5.41) is 6.29. The van der Waals surface area contributed by atoms with Gasteiger partial charge in [0.15, 0.2) is 8.32 Å². The number of carbonyl (C=O) groups is 1. The fourth-order valence-corrected chi connectivity index (χ4v) is 6.13. The summed E-state index contributed by atoms with van der Waals surface area (Å²) < 4.78 is 18.5. The summed E-state index contributed by atoms with van der Waals surface area (Å²) in [6.45, 7) is 14.5. The molecule has 4 rings (SSSR count). The van der Waals surface area contributed by atoms with Gasteiger partial charge in [0.25, 0.3) is 0 Å². The fourth-order valence-electron chi connectivity index (χ4n) is 4.75. The first-order chi connectivity index (χ1) is 17.1. The standard InChI is InChI=1S/C29H42N2O4Si/c1-7-33-22-14-12-21-13-16-24(34-27(21)18-22)19-30-28(32)31-26-10-8-9-20-11-15-23(17-25(20)26)35-36(5,6)29(2,3)4/h8-10,12,14,18,23-24H,7,11,13,15-17,19H2,1-6H3,(H2,30,31,32). The maximum atomic E-state index is 12.8. The quantitative estimate of drug-likeness (QED) is 0.418. The number of urea groups is 1. The first kappa shape index (κ1) is 26.5.